The van der Waals surface area contributed by atoms with Gasteiger partial charge in [-0.05, 0) is 31.1 Å². The topological polar surface area (TPSA) is 57.2 Å². The third kappa shape index (κ3) is 3.63. The fourth-order valence-electron chi connectivity index (χ4n) is 1.76. The molecule has 1 rings (SSSR count). The van der Waals surface area contributed by atoms with E-state index in [-0.39, 0.29) is 18.9 Å². The fourth-order valence-corrected chi connectivity index (χ4v) is 2.72. The van der Waals surface area contributed by atoms with Crippen LogP contribution in [0.2, 0.25) is 0 Å². The monoisotopic (exact) mass is 198 g/mol. The van der Waals surface area contributed by atoms with E-state index in [1.54, 1.807) is 0 Å². The zero-order chi connectivity index (χ0) is 9.35. The third-order valence-corrected chi connectivity index (χ3v) is 4.20. The van der Waals surface area contributed by atoms with Crippen molar-refractivity contribution in [3.63, 3.8) is 0 Å². The Hall–Kier alpha value is 0.507. The van der Waals surface area contributed by atoms with Crippen LogP contribution < -0.4 is 18.9 Å². The molecule has 0 heterocycles. The maximum Gasteiger partial charge on any atom is 1.00 e. The van der Waals surface area contributed by atoms with Gasteiger partial charge in [-0.15, -0.1) is 0 Å². The van der Waals surface area contributed by atoms with Gasteiger partial charge in [0.05, 0.1) is 10.1 Å². The first kappa shape index (κ1) is 13.5. The fraction of sp³-hybridized carbons (Fsp3) is 1.00. The molecule has 0 N–H and O–H groups in total. The first-order valence-electron chi connectivity index (χ1n) is 4.36. The molecule has 1 saturated carbocycles. The van der Waals surface area contributed by atoms with Crippen molar-refractivity contribution in [1.82, 2.24) is 0 Å². The number of rotatable bonds is 1. The van der Waals surface area contributed by atoms with Crippen molar-refractivity contribution in [3.8, 4) is 0 Å². The van der Waals surface area contributed by atoms with Crippen LogP contribution >= 0.6 is 0 Å². The third-order valence-electron chi connectivity index (χ3n) is 2.96. The smallest absolute Gasteiger partial charge is 0.748 e. The average molecular weight is 198 g/mol. The Morgan fingerprint density at radius 1 is 1.15 bits per heavy atom. The van der Waals surface area contributed by atoms with E-state index in [0.717, 1.165) is 6.42 Å². The van der Waals surface area contributed by atoms with Crippen molar-refractivity contribution in [1.29, 1.82) is 0 Å². The summed E-state index contributed by atoms with van der Waals surface area (Å²) >= 11 is 0. The maximum absolute atomic E-state index is 10.7. The van der Waals surface area contributed by atoms with Gasteiger partial charge in [0.25, 0.3) is 0 Å². The summed E-state index contributed by atoms with van der Waals surface area (Å²) in [5.74, 6) is 0.926. The molecule has 0 radical (unpaired) electrons. The van der Waals surface area contributed by atoms with E-state index in [9.17, 15) is 13.0 Å². The first-order chi connectivity index (χ1) is 5.41. The van der Waals surface area contributed by atoms with E-state index < -0.39 is 15.4 Å². The van der Waals surface area contributed by atoms with Crippen LogP contribution in [0.25, 0.3) is 0 Å². The van der Waals surface area contributed by atoms with Gasteiger partial charge in [-0.2, -0.15) is 0 Å². The molecule has 1 aliphatic carbocycles. The Balaban J connectivity index is 0.00000144. The van der Waals surface area contributed by atoms with Crippen LogP contribution in [0.3, 0.4) is 0 Å². The number of hydrogen-bond acceptors (Lipinski definition) is 3. The zero-order valence-corrected chi connectivity index (χ0v) is 9.30. The van der Waals surface area contributed by atoms with Crippen molar-refractivity contribution in [2.45, 2.75) is 38.4 Å². The molecule has 72 valence electrons. The van der Waals surface area contributed by atoms with E-state index in [0.29, 0.717) is 24.7 Å². The number of hydrogen-bond donors (Lipinski definition) is 0. The molecule has 1 aliphatic rings. The summed E-state index contributed by atoms with van der Waals surface area (Å²) in [7, 11) is -4.03. The molecular weight excluding hydrogens is 183 g/mol. The Morgan fingerprint density at radius 3 is 2.08 bits per heavy atom. The Kier molecular flexibility index (Phi) is 5.02. The van der Waals surface area contributed by atoms with E-state index in [1.165, 1.54) is 0 Å². The molecule has 13 heavy (non-hydrogen) atoms. The minimum Gasteiger partial charge on any atom is -0.748 e. The van der Waals surface area contributed by atoms with Crippen LogP contribution in [0, 0.1) is 11.8 Å². The van der Waals surface area contributed by atoms with Gasteiger partial charge in [-0.3, -0.25) is 0 Å². The van der Waals surface area contributed by atoms with Crippen LogP contribution in [0.15, 0.2) is 0 Å². The quantitative estimate of drug-likeness (QED) is 0.375. The summed E-state index contributed by atoms with van der Waals surface area (Å²) < 4.78 is 32.0. The summed E-state index contributed by atoms with van der Waals surface area (Å²) in [5, 5.41) is -0.622. The molecule has 3 nitrogen and oxygen atoms in total. The molecule has 0 bridgehead atoms. The molecule has 0 aliphatic heterocycles. The summed E-state index contributed by atoms with van der Waals surface area (Å²) in [6.45, 7) is 4.13. The standard InChI is InChI=1S/C8H16O3S.Li/c1-6-3-4-8(5-7(6)2)12(9,10)11;/h6-8H,3-5H2,1-2H3,(H,9,10,11);/q;+1/p-1. The van der Waals surface area contributed by atoms with Gasteiger partial charge in [0.1, 0.15) is 0 Å². The van der Waals surface area contributed by atoms with Crippen LogP contribution in [-0.4, -0.2) is 18.2 Å². The van der Waals surface area contributed by atoms with E-state index >= 15 is 0 Å². The summed E-state index contributed by atoms with van der Waals surface area (Å²) in [6.07, 6.45) is 1.97. The molecule has 0 aromatic heterocycles. The van der Waals surface area contributed by atoms with Crippen molar-refractivity contribution in [3.05, 3.63) is 0 Å². The van der Waals surface area contributed by atoms with E-state index in [2.05, 4.69) is 6.92 Å². The van der Waals surface area contributed by atoms with Crippen molar-refractivity contribution >= 4 is 10.1 Å². The van der Waals surface area contributed by atoms with Gasteiger partial charge in [0.15, 0.2) is 0 Å². The van der Waals surface area contributed by atoms with Crippen LogP contribution in [0.4, 0.5) is 0 Å². The molecular formula is C8H15LiO3S. The van der Waals surface area contributed by atoms with Crippen LogP contribution in [0.5, 0.6) is 0 Å². The molecule has 0 aromatic rings. The van der Waals surface area contributed by atoms with Gasteiger partial charge in [0.2, 0.25) is 0 Å². The van der Waals surface area contributed by atoms with Gasteiger partial charge in [-0.25, -0.2) is 8.42 Å². The Labute approximate surface area is 92.2 Å². The average Bonchev–Trinajstić information content (AvgIpc) is 1.92. The van der Waals surface area contributed by atoms with Crippen molar-refractivity contribution in [2.75, 3.05) is 0 Å². The van der Waals surface area contributed by atoms with Crippen molar-refractivity contribution < 1.29 is 31.8 Å². The Bertz CT molecular complexity index is 250. The molecule has 0 spiro atoms. The molecule has 3 atom stereocenters. The van der Waals surface area contributed by atoms with E-state index in [4.69, 9.17) is 0 Å². The van der Waals surface area contributed by atoms with Gasteiger partial charge in [0, 0.05) is 5.25 Å². The normalized spacial score (nSPS) is 35.2. The largest absolute Gasteiger partial charge is 1.00 e. The minimum absolute atomic E-state index is 0. The first-order valence-corrected chi connectivity index (χ1v) is 5.83. The molecule has 3 unspecified atom stereocenters. The second-order valence-corrected chi connectivity index (χ2v) is 5.53. The van der Waals surface area contributed by atoms with Gasteiger partial charge in [-0.1, -0.05) is 13.8 Å². The summed E-state index contributed by atoms with van der Waals surface area (Å²) in [6, 6.07) is 0. The SMILES string of the molecule is CC1CCC(S(=O)(=O)[O-])CC1C.[Li+]. The van der Waals surface area contributed by atoms with E-state index in [1.807, 2.05) is 6.92 Å². The van der Waals surface area contributed by atoms with Crippen LogP contribution in [0.1, 0.15) is 33.1 Å². The maximum atomic E-state index is 10.7. The molecule has 1 fully saturated rings. The second kappa shape index (κ2) is 4.84. The second-order valence-electron chi connectivity index (χ2n) is 3.88. The van der Waals surface area contributed by atoms with Crippen molar-refractivity contribution in [2.24, 2.45) is 11.8 Å². The molecule has 5 heteroatoms. The summed E-state index contributed by atoms with van der Waals surface area (Å²) in [4.78, 5) is 0. The molecule has 0 saturated heterocycles. The van der Waals surface area contributed by atoms with Gasteiger partial charge >= 0.3 is 18.9 Å². The minimum atomic E-state index is -4.03. The Morgan fingerprint density at radius 2 is 1.69 bits per heavy atom. The molecule has 0 amide bonds. The van der Waals surface area contributed by atoms with Gasteiger partial charge < -0.3 is 4.55 Å². The predicted molar refractivity (Wildman–Crippen MR) is 45.7 cm³/mol. The van der Waals surface area contributed by atoms with Crippen LogP contribution in [-0.2, 0) is 10.1 Å². The molecule has 0 aromatic carbocycles. The zero-order valence-electron chi connectivity index (χ0n) is 8.49. The predicted octanol–water partition coefficient (Wildman–Crippen LogP) is -1.64. The summed E-state index contributed by atoms with van der Waals surface area (Å²) in [5.41, 5.74) is 0.